The van der Waals surface area contributed by atoms with Gasteiger partial charge in [-0.15, -0.1) is 0 Å². The zero-order valence-electron chi connectivity index (χ0n) is 9.36. The Morgan fingerprint density at radius 3 is 2.40 bits per heavy atom. The molecule has 0 aliphatic heterocycles. The van der Waals surface area contributed by atoms with Crippen LogP contribution in [0.15, 0.2) is 24.3 Å². The molecule has 0 radical (unpaired) electrons. The first-order chi connectivity index (χ1) is 7.19. The Bertz CT molecular complexity index is 327. The maximum atomic E-state index is 11.0. The predicted molar refractivity (Wildman–Crippen MR) is 61.2 cm³/mol. The highest BCUT2D eigenvalue weighted by Gasteiger charge is 2.12. The van der Waals surface area contributed by atoms with Crippen LogP contribution in [0.1, 0.15) is 42.6 Å². The molecule has 0 saturated carbocycles. The summed E-state index contributed by atoms with van der Waals surface area (Å²) in [5.74, 6) is -0.234. The molecule has 15 heavy (non-hydrogen) atoms. The van der Waals surface area contributed by atoms with Gasteiger partial charge in [0.05, 0.1) is 5.56 Å². The Morgan fingerprint density at radius 1 is 1.27 bits per heavy atom. The van der Waals surface area contributed by atoms with E-state index in [-0.39, 0.29) is 0 Å². The lowest BCUT2D eigenvalue weighted by Crippen LogP contribution is -2.07. The van der Waals surface area contributed by atoms with Crippen LogP contribution in [0.3, 0.4) is 0 Å². The Labute approximate surface area is 90.9 Å². The highest BCUT2D eigenvalue weighted by molar-refractivity contribution is 5.89. The van der Waals surface area contributed by atoms with Crippen molar-refractivity contribution < 1.29 is 9.90 Å². The summed E-state index contributed by atoms with van der Waals surface area (Å²) in [5.41, 5.74) is 1.41. The molecule has 0 fully saturated rings. The van der Waals surface area contributed by atoms with E-state index in [2.05, 4.69) is 13.8 Å². The smallest absolute Gasteiger partial charge is 0.335 e. The molecule has 0 atom stereocenters. The molecule has 0 aliphatic carbocycles. The van der Waals surface area contributed by atoms with E-state index in [1.54, 1.807) is 12.1 Å². The molecule has 1 N–H and O–H groups in total. The third kappa shape index (κ3) is 3.08. The average molecular weight is 206 g/mol. The van der Waals surface area contributed by atoms with Gasteiger partial charge in [-0.3, -0.25) is 0 Å². The molecule has 1 rings (SSSR count). The first kappa shape index (κ1) is 11.8. The monoisotopic (exact) mass is 206 g/mol. The van der Waals surface area contributed by atoms with Crippen molar-refractivity contribution in [2.24, 2.45) is 5.92 Å². The second-order valence-electron chi connectivity index (χ2n) is 3.85. The fourth-order valence-electron chi connectivity index (χ4n) is 1.80. The highest BCUT2D eigenvalue weighted by atomic mass is 16.4. The van der Waals surface area contributed by atoms with E-state index in [9.17, 15) is 4.79 Å². The van der Waals surface area contributed by atoms with Gasteiger partial charge in [-0.25, -0.2) is 4.79 Å². The minimum absolute atomic E-state index is 0.449. The van der Waals surface area contributed by atoms with Gasteiger partial charge in [0.15, 0.2) is 0 Å². The number of hydrogen-bond donors (Lipinski definition) is 1. The standard InChI is InChI=1S/C13H18O2/c1-3-10(4-2)9-11-7-5-6-8-12(11)13(14)15/h5-8,10H,3-4,9H2,1-2H3,(H,14,15). The molecule has 1 aromatic rings. The van der Waals surface area contributed by atoms with Gasteiger partial charge >= 0.3 is 5.97 Å². The Balaban J connectivity index is 2.88. The topological polar surface area (TPSA) is 37.3 Å². The van der Waals surface area contributed by atoms with Crippen LogP contribution in [-0.2, 0) is 6.42 Å². The number of carboxylic acids is 1. The van der Waals surface area contributed by atoms with Crippen molar-refractivity contribution >= 4 is 5.97 Å². The van der Waals surface area contributed by atoms with Crippen LogP contribution in [0, 0.1) is 5.92 Å². The fourth-order valence-corrected chi connectivity index (χ4v) is 1.80. The van der Waals surface area contributed by atoms with Gasteiger partial charge < -0.3 is 5.11 Å². The lowest BCUT2D eigenvalue weighted by molar-refractivity contribution is 0.0695. The molecule has 0 amide bonds. The predicted octanol–water partition coefficient (Wildman–Crippen LogP) is 3.36. The molecule has 0 aliphatic rings. The van der Waals surface area contributed by atoms with Crippen LogP contribution < -0.4 is 0 Å². The summed E-state index contributed by atoms with van der Waals surface area (Å²) in [6.07, 6.45) is 3.07. The van der Waals surface area contributed by atoms with Gasteiger partial charge in [0.25, 0.3) is 0 Å². The number of hydrogen-bond acceptors (Lipinski definition) is 1. The van der Waals surface area contributed by atoms with E-state index in [4.69, 9.17) is 5.11 Å². The van der Waals surface area contributed by atoms with Crippen LogP contribution in [0.2, 0.25) is 0 Å². The number of carbonyl (C=O) groups is 1. The molecule has 0 spiro atoms. The lowest BCUT2D eigenvalue weighted by Gasteiger charge is -2.13. The van der Waals surface area contributed by atoms with Crippen LogP contribution in [0.25, 0.3) is 0 Å². The minimum Gasteiger partial charge on any atom is -0.478 e. The summed E-state index contributed by atoms with van der Waals surface area (Å²) in [4.78, 5) is 11.0. The van der Waals surface area contributed by atoms with E-state index < -0.39 is 5.97 Å². The zero-order valence-corrected chi connectivity index (χ0v) is 9.36. The normalized spacial score (nSPS) is 10.6. The van der Waals surface area contributed by atoms with Gasteiger partial charge in [0.2, 0.25) is 0 Å². The summed E-state index contributed by atoms with van der Waals surface area (Å²) in [5, 5.41) is 9.02. The van der Waals surface area contributed by atoms with Gasteiger partial charge in [-0.2, -0.15) is 0 Å². The quantitative estimate of drug-likeness (QED) is 0.802. The van der Waals surface area contributed by atoms with Gasteiger partial charge in [-0.1, -0.05) is 44.9 Å². The first-order valence-electron chi connectivity index (χ1n) is 5.50. The van der Waals surface area contributed by atoms with Crippen LogP contribution in [0.5, 0.6) is 0 Å². The SMILES string of the molecule is CCC(CC)Cc1ccccc1C(=O)O. The zero-order chi connectivity index (χ0) is 11.3. The number of aromatic carboxylic acids is 1. The van der Waals surface area contributed by atoms with E-state index in [1.165, 1.54) is 0 Å². The molecular formula is C13H18O2. The Hall–Kier alpha value is -1.31. The van der Waals surface area contributed by atoms with Crippen molar-refractivity contribution in [1.82, 2.24) is 0 Å². The van der Waals surface area contributed by atoms with Crippen LogP contribution >= 0.6 is 0 Å². The van der Waals surface area contributed by atoms with E-state index in [0.29, 0.717) is 11.5 Å². The third-order valence-corrected chi connectivity index (χ3v) is 2.91. The number of rotatable bonds is 5. The average Bonchev–Trinajstić information content (AvgIpc) is 2.26. The van der Waals surface area contributed by atoms with Gasteiger partial charge in [-0.05, 0) is 24.0 Å². The molecule has 2 nitrogen and oxygen atoms in total. The summed E-state index contributed by atoms with van der Waals surface area (Å²) in [7, 11) is 0. The summed E-state index contributed by atoms with van der Waals surface area (Å²) < 4.78 is 0. The van der Waals surface area contributed by atoms with Crippen molar-refractivity contribution in [2.75, 3.05) is 0 Å². The molecule has 0 heterocycles. The molecule has 0 aromatic heterocycles. The fraction of sp³-hybridized carbons (Fsp3) is 0.462. The largest absolute Gasteiger partial charge is 0.478 e. The summed E-state index contributed by atoms with van der Waals surface area (Å²) >= 11 is 0. The van der Waals surface area contributed by atoms with E-state index >= 15 is 0 Å². The molecule has 0 saturated heterocycles. The molecular weight excluding hydrogens is 188 g/mol. The Morgan fingerprint density at radius 2 is 1.87 bits per heavy atom. The third-order valence-electron chi connectivity index (χ3n) is 2.91. The van der Waals surface area contributed by atoms with Crippen LogP contribution in [-0.4, -0.2) is 11.1 Å². The van der Waals surface area contributed by atoms with E-state index in [0.717, 1.165) is 24.8 Å². The highest BCUT2D eigenvalue weighted by Crippen LogP contribution is 2.18. The van der Waals surface area contributed by atoms with Gasteiger partial charge in [0.1, 0.15) is 0 Å². The maximum absolute atomic E-state index is 11.0. The number of carboxylic acid groups (broad SMARTS) is 1. The molecule has 1 aromatic carbocycles. The van der Waals surface area contributed by atoms with Crippen molar-refractivity contribution in [3.63, 3.8) is 0 Å². The molecule has 0 bridgehead atoms. The summed E-state index contributed by atoms with van der Waals surface area (Å²) in [6.45, 7) is 4.30. The van der Waals surface area contributed by atoms with Crippen molar-refractivity contribution in [2.45, 2.75) is 33.1 Å². The maximum Gasteiger partial charge on any atom is 0.335 e. The minimum atomic E-state index is -0.823. The lowest BCUT2D eigenvalue weighted by atomic mass is 9.92. The van der Waals surface area contributed by atoms with E-state index in [1.807, 2.05) is 12.1 Å². The van der Waals surface area contributed by atoms with Crippen LogP contribution in [0.4, 0.5) is 0 Å². The van der Waals surface area contributed by atoms with Crippen molar-refractivity contribution in [3.8, 4) is 0 Å². The molecule has 0 unspecified atom stereocenters. The van der Waals surface area contributed by atoms with Crippen molar-refractivity contribution in [1.29, 1.82) is 0 Å². The molecule has 82 valence electrons. The second kappa shape index (κ2) is 5.54. The van der Waals surface area contributed by atoms with Gasteiger partial charge in [0, 0.05) is 0 Å². The summed E-state index contributed by atoms with van der Waals surface area (Å²) in [6, 6.07) is 7.28. The first-order valence-corrected chi connectivity index (χ1v) is 5.50. The van der Waals surface area contributed by atoms with Crippen molar-refractivity contribution in [3.05, 3.63) is 35.4 Å². The second-order valence-corrected chi connectivity index (χ2v) is 3.85. The number of benzene rings is 1. The molecule has 2 heteroatoms. The Kier molecular flexibility index (Phi) is 4.35.